The maximum Gasteiger partial charge on any atom is 0.107 e. The Balaban J connectivity index is 2.00. The first-order chi connectivity index (χ1) is 10.2. The van der Waals surface area contributed by atoms with Crippen LogP contribution >= 0.6 is 24.0 Å². The molecule has 3 nitrogen and oxygen atoms in total. The zero-order chi connectivity index (χ0) is 14.8. The van der Waals surface area contributed by atoms with Crippen molar-refractivity contribution in [1.29, 1.82) is 0 Å². The second kappa shape index (κ2) is 6.55. The fraction of sp³-hybridized carbons (Fsp3) is 0.562. The molecule has 1 aromatic carbocycles. The van der Waals surface area contributed by atoms with E-state index in [4.69, 9.17) is 22.7 Å². The normalized spacial score (nSPS) is 25.5. The molecule has 3 rings (SSSR count). The molecule has 2 fully saturated rings. The van der Waals surface area contributed by atoms with Gasteiger partial charge in [-0.3, -0.25) is 0 Å². The average molecular weight is 322 g/mol. The van der Waals surface area contributed by atoms with E-state index in [1.807, 2.05) is 0 Å². The van der Waals surface area contributed by atoms with Crippen molar-refractivity contribution in [2.24, 2.45) is 5.73 Å². The molecule has 1 aromatic rings. The lowest BCUT2D eigenvalue weighted by Crippen LogP contribution is -2.53. The second-order valence-corrected chi connectivity index (χ2v) is 6.96. The maximum atomic E-state index is 6.03. The maximum absolute atomic E-state index is 6.03. The molecule has 21 heavy (non-hydrogen) atoms. The number of nitrogens with zero attached hydrogens (tertiary/aromatic N) is 1. The Labute approximate surface area is 136 Å². The highest BCUT2D eigenvalue weighted by Crippen LogP contribution is 2.36. The average Bonchev–Trinajstić information content (AvgIpc) is 2.53. The van der Waals surface area contributed by atoms with E-state index in [0.29, 0.717) is 17.1 Å². The van der Waals surface area contributed by atoms with Gasteiger partial charge in [0.25, 0.3) is 0 Å². The Morgan fingerprint density at radius 3 is 2.95 bits per heavy atom. The Bertz CT molecular complexity index is 533. The van der Waals surface area contributed by atoms with Crippen LogP contribution in [-0.4, -0.2) is 36.5 Å². The van der Waals surface area contributed by atoms with E-state index in [9.17, 15) is 0 Å². The monoisotopic (exact) mass is 322 g/mol. The second-order valence-electron chi connectivity index (χ2n) is 5.67. The summed E-state index contributed by atoms with van der Waals surface area (Å²) >= 11 is 7.03. The van der Waals surface area contributed by atoms with Gasteiger partial charge in [-0.05, 0) is 31.2 Å². The van der Waals surface area contributed by atoms with Gasteiger partial charge in [0.2, 0.25) is 0 Å². The van der Waals surface area contributed by atoms with Gasteiger partial charge in [-0.25, -0.2) is 0 Å². The summed E-state index contributed by atoms with van der Waals surface area (Å²) in [5.74, 6) is 0. The van der Waals surface area contributed by atoms with E-state index in [1.165, 1.54) is 36.3 Å². The molecule has 0 radical (unpaired) electrons. The minimum absolute atomic E-state index is 0.365. The molecule has 2 atom stereocenters. The van der Waals surface area contributed by atoms with Crippen LogP contribution in [0.3, 0.4) is 0 Å². The van der Waals surface area contributed by atoms with E-state index in [0.717, 1.165) is 18.7 Å². The fourth-order valence-corrected chi connectivity index (χ4v) is 4.48. The molecular weight excluding hydrogens is 300 g/mol. The lowest BCUT2D eigenvalue weighted by molar-refractivity contribution is -0.00870. The summed E-state index contributed by atoms with van der Waals surface area (Å²) in [5, 5.41) is 0. The van der Waals surface area contributed by atoms with E-state index in [2.05, 4.69) is 29.4 Å². The number of anilines is 1. The highest BCUT2D eigenvalue weighted by atomic mass is 32.2. The smallest absolute Gasteiger partial charge is 0.107 e. The first-order valence-corrected chi connectivity index (χ1v) is 9.20. The first kappa shape index (κ1) is 15.1. The van der Waals surface area contributed by atoms with Gasteiger partial charge in [0.05, 0.1) is 18.8 Å². The van der Waals surface area contributed by atoms with Gasteiger partial charge < -0.3 is 15.4 Å². The number of morpholine rings is 1. The van der Waals surface area contributed by atoms with Crippen LogP contribution in [-0.2, 0) is 4.74 Å². The fourth-order valence-electron chi connectivity index (χ4n) is 3.57. The molecule has 5 heteroatoms. The van der Waals surface area contributed by atoms with Crippen LogP contribution in [0.1, 0.15) is 31.2 Å². The molecular formula is C16H22N2OS2. The van der Waals surface area contributed by atoms with Gasteiger partial charge in [-0.1, -0.05) is 31.1 Å². The number of hydrogen-bond donors (Lipinski definition) is 1. The van der Waals surface area contributed by atoms with Crippen LogP contribution in [0.4, 0.5) is 5.69 Å². The van der Waals surface area contributed by atoms with Gasteiger partial charge in [-0.15, -0.1) is 11.8 Å². The van der Waals surface area contributed by atoms with E-state index < -0.39 is 0 Å². The molecule has 2 N–H and O–H groups in total. The Kier molecular flexibility index (Phi) is 4.72. The van der Waals surface area contributed by atoms with Crippen LogP contribution in [0.15, 0.2) is 23.1 Å². The summed E-state index contributed by atoms with van der Waals surface area (Å²) < 4.78 is 5.98. The number of hydrogen-bond acceptors (Lipinski definition) is 4. The van der Waals surface area contributed by atoms with Crippen molar-refractivity contribution in [3.63, 3.8) is 0 Å². The van der Waals surface area contributed by atoms with E-state index >= 15 is 0 Å². The predicted molar refractivity (Wildman–Crippen MR) is 93.5 cm³/mol. The molecule has 1 aliphatic carbocycles. The summed E-state index contributed by atoms with van der Waals surface area (Å²) in [7, 11) is 0. The van der Waals surface area contributed by atoms with Crippen molar-refractivity contribution in [2.45, 2.75) is 42.7 Å². The Morgan fingerprint density at radius 2 is 2.19 bits per heavy atom. The first-order valence-electron chi connectivity index (χ1n) is 7.57. The lowest BCUT2D eigenvalue weighted by atomic mass is 9.89. The standard InChI is InChI=1S/C16H22N2OS2/c1-21-14-8-4-6-12(15(14)16(17)20)18-9-10-19-13-7-3-2-5-11(13)18/h4,6,8,11,13H,2-3,5,7,9-10H2,1H3,(H2,17,20). The molecule has 114 valence electrons. The highest BCUT2D eigenvalue weighted by molar-refractivity contribution is 7.98. The molecule has 2 unspecified atom stereocenters. The van der Waals surface area contributed by atoms with Crippen molar-refractivity contribution in [1.82, 2.24) is 0 Å². The van der Waals surface area contributed by atoms with E-state index in [-0.39, 0.29) is 0 Å². The molecule has 1 saturated heterocycles. The number of rotatable bonds is 3. The number of nitrogens with two attached hydrogens (primary N) is 1. The minimum Gasteiger partial charge on any atom is -0.389 e. The molecule has 1 saturated carbocycles. The van der Waals surface area contributed by atoms with Crippen molar-refractivity contribution < 1.29 is 4.74 Å². The highest BCUT2D eigenvalue weighted by Gasteiger charge is 2.35. The molecule has 0 bridgehead atoms. The summed E-state index contributed by atoms with van der Waals surface area (Å²) in [6.45, 7) is 1.72. The van der Waals surface area contributed by atoms with Crippen LogP contribution < -0.4 is 10.6 Å². The quantitative estimate of drug-likeness (QED) is 0.683. The SMILES string of the molecule is CSc1cccc(N2CCOC3CCCCC32)c1C(N)=S. The van der Waals surface area contributed by atoms with Gasteiger partial charge in [0, 0.05) is 22.7 Å². The number of thioether (sulfide) groups is 1. The van der Waals surface area contributed by atoms with Crippen molar-refractivity contribution in [2.75, 3.05) is 24.3 Å². The molecule has 0 amide bonds. The molecule has 0 spiro atoms. The van der Waals surface area contributed by atoms with Crippen molar-refractivity contribution in [3.8, 4) is 0 Å². The Morgan fingerprint density at radius 1 is 1.38 bits per heavy atom. The third kappa shape index (κ3) is 2.91. The number of fused-ring (bicyclic) bond motifs is 1. The summed E-state index contributed by atoms with van der Waals surface area (Å²) in [5.41, 5.74) is 8.25. The zero-order valence-electron chi connectivity index (χ0n) is 12.4. The number of thiocarbonyl (C=S) groups is 1. The van der Waals surface area contributed by atoms with Gasteiger partial charge >= 0.3 is 0 Å². The number of benzene rings is 1. The van der Waals surface area contributed by atoms with Crippen LogP contribution in [0, 0.1) is 0 Å². The topological polar surface area (TPSA) is 38.5 Å². The molecule has 1 aliphatic heterocycles. The summed E-state index contributed by atoms with van der Waals surface area (Å²) in [4.78, 5) is 4.15. The van der Waals surface area contributed by atoms with Gasteiger partial charge in [-0.2, -0.15) is 0 Å². The summed E-state index contributed by atoms with van der Waals surface area (Å²) in [6, 6.07) is 6.83. The molecule has 2 aliphatic rings. The molecule has 0 aromatic heterocycles. The van der Waals surface area contributed by atoms with Crippen LogP contribution in [0.5, 0.6) is 0 Å². The van der Waals surface area contributed by atoms with E-state index in [1.54, 1.807) is 11.8 Å². The minimum atomic E-state index is 0.365. The van der Waals surface area contributed by atoms with Gasteiger partial charge in [0.15, 0.2) is 0 Å². The Hall–Kier alpha value is -0.780. The largest absolute Gasteiger partial charge is 0.389 e. The molecule has 1 heterocycles. The van der Waals surface area contributed by atoms with Crippen molar-refractivity contribution in [3.05, 3.63) is 23.8 Å². The van der Waals surface area contributed by atoms with Gasteiger partial charge in [0.1, 0.15) is 4.99 Å². The van der Waals surface area contributed by atoms with Crippen LogP contribution in [0.2, 0.25) is 0 Å². The third-order valence-electron chi connectivity index (χ3n) is 4.51. The van der Waals surface area contributed by atoms with Crippen molar-refractivity contribution >= 4 is 34.7 Å². The lowest BCUT2D eigenvalue weighted by Gasteiger charge is -2.45. The summed E-state index contributed by atoms with van der Waals surface area (Å²) in [6.07, 6.45) is 7.37. The van der Waals surface area contributed by atoms with Crippen LogP contribution in [0.25, 0.3) is 0 Å². The number of ether oxygens (including phenoxy) is 1. The third-order valence-corrected chi connectivity index (χ3v) is 5.50. The zero-order valence-corrected chi connectivity index (χ0v) is 14.0. The predicted octanol–water partition coefficient (Wildman–Crippen LogP) is 3.19.